The fourth-order valence-electron chi connectivity index (χ4n) is 1.33. The Hall–Kier alpha value is -1.13. The molecule has 0 aliphatic carbocycles. The average molecular weight is 226 g/mol. The minimum Gasteiger partial charge on any atom is -0.377 e. The van der Waals surface area contributed by atoms with Crippen LogP contribution in [-0.2, 0) is 4.74 Å². The molecular weight excluding hydrogens is 214 g/mol. The second-order valence-corrected chi connectivity index (χ2v) is 3.65. The fraction of sp³-hybridized carbons (Fsp3) is 0.400. The zero-order valence-corrected chi connectivity index (χ0v) is 9.00. The van der Waals surface area contributed by atoms with Crippen molar-refractivity contribution < 1.29 is 4.74 Å². The fourth-order valence-corrected chi connectivity index (χ4v) is 1.43. The van der Waals surface area contributed by atoms with Crippen molar-refractivity contribution in [2.75, 3.05) is 25.1 Å². The van der Waals surface area contributed by atoms with Gasteiger partial charge in [-0.1, -0.05) is 23.3 Å². The van der Waals surface area contributed by atoms with E-state index in [0.717, 1.165) is 25.4 Å². The molecule has 2 heterocycles. The molecule has 15 heavy (non-hydrogen) atoms. The number of hydrogen-bond acceptors (Lipinski definition) is 4. The molecule has 0 fully saturated rings. The van der Waals surface area contributed by atoms with Crippen molar-refractivity contribution in [3.63, 3.8) is 0 Å². The molecule has 0 spiro atoms. The van der Waals surface area contributed by atoms with Gasteiger partial charge < -0.3 is 10.1 Å². The number of aromatic nitrogens is 2. The van der Waals surface area contributed by atoms with E-state index in [1.165, 1.54) is 11.8 Å². The molecular formula is C10H12ClN3O. The summed E-state index contributed by atoms with van der Waals surface area (Å²) < 4.78 is 5.22. The third kappa shape index (κ3) is 3.18. The smallest absolute Gasteiger partial charge is 0.147 e. The number of nitrogens with zero attached hydrogens (tertiary/aromatic N) is 2. The molecule has 4 nitrogen and oxygen atoms in total. The summed E-state index contributed by atoms with van der Waals surface area (Å²) in [7, 11) is 0. The highest BCUT2D eigenvalue weighted by Gasteiger charge is 2.03. The van der Waals surface area contributed by atoms with E-state index in [1.54, 1.807) is 6.20 Å². The van der Waals surface area contributed by atoms with Crippen LogP contribution in [0.2, 0.25) is 5.15 Å². The van der Waals surface area contributed by atoms with E-state index in [1.807, 2.05) is 0 Å². The molecule has 5 heteroatoms. The van der Waals surface area contributed by atoms with Crippen LogP contribution in [0.3, 0.4) is 0 Å². The van der Waals surface area contributed by atoms with Crippen LogP contribution in [0, 0.1) is 0 Å². The first kappa shape index (κ1) is 10.4. The summed E-state index contributed by atoms with van der Waals surface area (Å²) in [6.07, 6.45) is 6.23. The van der Waals surface area contributed by atoms with Crippen LogP contribution in [0.1, 0.15) is 6.42 Å². The molecule has 0 bridgehead atoms. The summed E-state index contributed by atoms with van der Waals surface area (Å²) in [4.78, 5) is 8.04. The van der Waals surface area contributed by atoms with Crippen molar-refractivity contribution >= 4 is 17.4 Å². The van der Waals surface area contributed by atoms with Gasteiger partial charge in [-0.3, -0.25) is 0 Å². The first-order valence-corrected chi connectivity index (χ1v) is 5.19. The maximum Gasteiger partial charge on any atom is 0.147 e. The number of nitrogens with one attached hydrogen (secondary N) is 1. The van der Waals surface area contributed by atoms with Crippen LogP contribution in [0.25, 0.3) is 0 Å². The quantitative estimate of drug-likeness (QED) is 0.799. The lowest BCUT2D eigenvalue weighted by Crippen LogP contribution is -2.12. The van der Waals surface area contributed by atoms with E-state index >= 15 is 0 Å². The van der Waals surface area contributed by atoms with Gasteiger partial charge in [0.1, 0.15) is 11.0 Å². The summed E-state index contributed by atoms with van der Waals surface area (Å²) in [6, 6.07) is 0. The van der Waals surface area contributed by atoms with Crippen molar-refractivity contribution in [2.24, 2.45) is 0 Å². The van der Waals surface area contributed by atoms with Gasteiger partial charge in [0, 0.05) is 6.54 Å². The van der Waals surface area contributed by atoms with Crippen LogP contribution in [-0.4, -0.2) is 29.7 Å². The molecule has 0 saturated heterocycles. The van der Waals surface area contributed by atoms with Crippen molar-refractivity contribution in [1.82, 2.24) is 9.97 Å². The Morgan fingerprint density at radius 2 is 2.33 bits per heavy atom. The van der Waals surface area contributed by atoms with Gasteiger partial charge in [0.25, 0.3) is 0 Å². The van der Waals surface area contributed by atoms with Gasteiger partial charge in [-0.15, -0.1) is 0 Å². The first-order valence-electron chi connectivity index (χ1n) is 4.81. The van der Waals surface area contributed by atoms with Crippen LogP contribution >= 0.6 is 11.6 Å². The average Bonchev–Trinajstić information content (AvgIpc) is 2.30. The molecule has 1 N–H and O–H groups in total. The topological polar surface area (TPSA) is 47.0 Å². The lowest BCUT2D eigenvalue weighted by molar-refractivity contribution is 0.154. The minimum absolute atomic E-state index is 0.408. The maximum absolute atomic E-state index is 5.63. The molecule has 1 aliphatic heterocycles. The van der Waals surface area contributed by atoms with Gasteiger partial charge in [0.05, 0.1) is 25.6 Å². The molecule has 1 aliphatic rings. The lowest BCUT2D eigenvalue weighted by Gasteiger charge is -2.14. The van der Waals surface area contributed by atoms with E-state index in [0.29, 0.717) is 11.8 Å². The van der Waals surface area contributed by atoms with Crippen LogP contribution in [0.4, 0.5) is 5.82 Å². The zero-order valence-electron chi connectivity index (χ0n) is 8.24. The zero-order chi connectivity index (χ0) is 10.5. The van der Waals surface area contributed by atoms with Gasteiger partial charge in [-0.05, 0) is 6.42 Å². The Morgan fingerprint density at radius 1 is 1.40 bits per heavy atom. The summed E-state index contributed by atoms with van der Waals surface area (Å²) in [6.45, 7) is 2.31. The SMILES string of the molecule is Clc1cnc(NCC2=CCOCC2)cn1. The number of ether oxygens (including phenoxy) is 1. The van der Waals surface area contributed by atoms with Gasteiger partial charge in [0.15, 0.2) is 0 Å². The van der Waals surface area contributed by atoms with Gasteiger partial charge in [0.2, 0.25) is 0 Å². The first-order chi connectivity index (χ1) is 7.34. The van der Waals surface area contributed by atoms with E-state index in [-0.39, 0.29) is 0 Å². The monoisotopic (exact) mass is 225 g/mol. The second-order valence-electron chi connectivity index (χ2n) is 3.27. The number of anilines is 1. The highest BCUT2D eigenvalue weighted by Crippen LogP contribution is 2.10. The number of hydrogen-bond donors (Lipinski definition) is 1. The van der Waals surface area contributed by atoms with E-state index in [9.17, 15) is 0 Å². The Labute approximate surface area is 93.3 Å². The van der Waals surface area contributed by atoms with Crippen molar-refractivity contribution in [3.05, 3.63) is 29.2 Å². The summed E-state index contributed by atoms with van der Waals surface area (Å²) in [5.74, 6) is 0.742. The Balaban J connectivity index is 1.87. The Kier molecular flexibility index (Phi) is 3.53. The highest BCUT2D eigenvalue weighted by atomic mass is 35.5. The van der Waals surface area contributed by atoms with Crippen molar-refractivity contribution in [2.45, 2.75) is 6.42 Å². The third-order valence-corrected chi connectivity index (χ3v) is 2.37. The van der Waals surface area contributed by atoms with Gasteiger partial charge >= 0.3 is 0 Å². The predicted molar refractivity (Wildman–Crippen MR) is 59.1 cm³/mol. The normalized spacial score (nSPS) is 15.9. The molecule has 0 unspecified atom stereocenters. The van der Waals surface area contributed by atoms with Crippen molar-refractivity contribution in [3.8, 4) is 0 Å². The minimum atomic E-state index is 0.408. The second kappa shape index (κ2) is 5.09. The van der Waals surface area contributed by atoms with Crippen molar-refractivity contribution in [1.29, 1.82) is 0 Å². The standard InChI is InChI=1S/C10H12ClN3O/c11-9-6-14-10(7-12-9)13-5-8-1-3-15-4-2-8/h1,6-7H,2-5H2,(H,13,14). The third-order valence-electron chi connectivity index (χ3n) is 2.17. The molecule has 0 aromatic carbocycles. The highest BCUT2D eigenvalue weighted by molar-refractivity contribution is 6.29. The van der Waals surface area contributed by atoms with Crippen LogP contribution in [0.5, 0.6) is 0 Å². The molecule has 1 aromatic rings. The molecule has 1 aromatic heterocycles. The number of rotatable bonds is 3. The summed E-state index contributed by atoms with van der Waals surface area (Å²) in [5.41, 5.74) is 1.35. The molecule has 0 saturated carbocycles. The molecule has 2 rings (SSSR count). The lowest BCUT2D eigenvalue weighted by atomic mass is 10.1. The van der Waals surface area contributed by atoms with Gasteiger partial charge in [-0.2, -0.15) is 0 Å². The Bertz CT molecular complexity index is 350. The van der Waals surface area contributed by atoms with E-state index in [2.05, 4.69) is 21.4 Å². The molecule has 0 atom stereocenters. The largest absolute Gasteiger partial charge is 0.377 e. The molecule has 80 valence electrons. The van der Waals surface area contributed by atoms with E-state index < -0.39 is 0 Å². The number of halogens is 1. The molecule has 0 amide bonds. The summed E-state index contributed by atoms with van der Waals surface area (Å²) >= 11 is 5.63. The van der Waals surface area contributed by atoms with Gasteiger partial charge in [-0.25, -0.2) is 9.97 Å². The predicted octanol–water partition coefficient (Wildman–Crippen LogP) is 1.89. The van der Waals surface area contributed by atoms with E-state index in [4.69, 9.17) is 16.3 Å². The maximum atomic E-state index is 5.63. The van der Waals surface area contributed by atoms with Crippen LogP contribution in [0.15, 0.2) is 24.0 Å². The summed E-state index contributed by atoms with van der Waals surface area (Å²) in [5, 5.41) is 3.59. The van der Waals surface area contributed by atoms with Crippen LogP contribution < -0.4 is 5.32 Å². The Morgan fingerprint density at radius 3 is 3.00 bits per heavy atom. The molecule has 0 radical (unpaired) electrons.